The van der Waals surface area contributed by atoms with Crippen LogP contribution in [0.3, 0.4) is 0 Å². The third-order valence-electron chi connectivity index (χ3n) is 8.00. The molecule has 0 heterocycles. The predicted molar refractivity (Wildman–Crippen MR) is 183 cm³/mol. The molecule has 0 aromatic rings. The van der Waals surface area contributed by atoms with E-state index in [1.165, 1.54) is 0 Å². The fourth-order valence-corrected chi connectivity index (χ4v) is 4.75. The summed E-state index contributed by atoms with van der Waals surface area (Å²) in [6, 6.07) is -7.92. The minimum Gasteiger partial charge on any atom is -0.480 e. The molecule has 282 valence electrons. The summed E-state index contributed by atoms with van der Waals surface area (Å²) in [4.78, 5) is 90.8. The first-order chi connectivity index (χ1) is 22.5. The van der Waals surface area contributed by atoms with Gasteiger partial charge in [-0.2, -0.15) is 0 Å². The minimum atomic E-state index is -1.23. The number of carbonyl (C=O) groups is 7. The lowest BCUT2D eigenvalue weighted by atomic mass is 9.96. The van der Waals surface area contributed by atoms with E-state index in [9.17, 15) is 43.8 Å². The second-order valence-electron chi connectivity index (χ2n) is 14.5. The first kappa shape index (κ1) is 45.2. The molecule has 6 amide bonds. The molecule has 0 fully saturated rings. The topological polar surface area (TPSA) is 258 Å². The van der Waals surface area contributed by atoms with Gasteiger partial charge in [0.1, 0.15) is 42.3 Å². The van der Waals surface area contributed by atoms with Crippen LogP contribution in [0.4, 0.5) is 0 Å². The molecule has 0 unspecified atom stereocenters. The molecule has 0 saturated carbocycles. The molecule has 0 spiro atoms. The summed E-state index contributed by atoms with van der Waals surface area (Å²) in [6.45, 7) is 19.6. The van der Waals surface area contributed by atoms with Gasteiger partial charge in [0.15, 0.2) is 0 Å². The van der Waals surface area contributed by atoms with E-state index >= 15 is 0 Å². The number of amides is 6. The zero-order valence-electron chi connectivity index (χ0n) is 31.0. The number of carbonyl (C=O) groups excluding carboxylic acids is 6. The van der Waals surface area contributed by atoms with E-state index in [0.717, 1.165) is 0 Å². The second kappa shape index (κ2) is 20.7. The Morgan fingerprint density at radius 3 is 0.755 bits per heavy atom. The Bertz CT molecular complexity index is 1160. The summed E-state index contributed by atoms with van der Waals surface area (Å²) < 4.78 is 0. The van der Waals surface area contributed by atoms with Gasteiger partial charge in [-0.05, 0) is 35.5 Å². The lowest BCUT2D eigenvalue weighted by Crippen LogP contribution is -2.62. The van der Waals surface area contributed by atoms with Crippen molar-refractivity contribution in [1.29, 1.82) is 0 Å². The smallest absolute Gasteiger partial charge is 0.326 e. The Morgan fingerprint density at radius 1 is 0.408 bits per heavy atom. The number of aliphatic hydroxyl groups is 1. The van der Waals surface area contributed by atoms with Crippen LogP contribution in [0.5, 0.6) is 0 Å². The highest BCUT2D eigenvalue weighted by molar-refractivity contribution is 5.97. The van der Waals surface area contributed by atoms with Crippen molar-refractivity contribution >= 4 is 41.4 Å². The molecule has 0 rings (SSSR count). The third kappa shape index (κ3) is 14.3. The van der Waals surface area contributed by atoms with Crippen LogP contribution in [0.2, 0.25) is 0 Å². The Balaban J connectivity index is 5.99. The number of rotatable bonds is 20. The van der Waals surface area contributed by atoms with Crippen molar-refractivity contribution in [3.63, 3.8) is 0 Å². The van der Waals surface area contributed by atoms with E-state index in [4.69, 9.17) is 5.73 Å². The van der Waals surface area contributed by atoms with Gasteiger partial charge >= 0.3 is 5.97 Å². The van der Waals surface area contributed by atoms with E-state index in [0.29, 0.717) is 0 Å². The van der Waals surface area contributed by atoms with Crippen molar-refractivity contribution in [2.45, 2.75) is 125 Å². The first-order valence-electron chi connectivity index (χ1n) is 16.9. The normalized spacial score (nSPS) is 16.0. The minimum absolute atomic E-state index is 0.394. The van der Waals surface area contributed by atoms with Crippen LogP contribution in [-0.4, -0.2) is 101 Å². The van der Waals surface area contributed by atoms with Crippen LogP contribution in [0, 0.1) is 35.5 Å². The number of aliphatic carboxylic acids is 1. The zero-order chi connectivity index (χ0) is 38.5. The zero-order valence-corrected chi connectivity index (χ0v) is 31.0. The summed E-state index contributed by atoms with van der Waals surface area (Å²) in [7, 11) is 0. The summed E-state index contributed by atoms with van der Waals surface area (Å²) in [5.74, 6) is -7.85. The van der Waals surface area contributed by atoms with E-state index in [1.807, 2.05) is 0 Å². The van der Waals surface area contributed by atoms with Crippen molar-refractivity contribution in [1.82, 2.24) is 31.9 Å². The molecule has 0 aliphatic heterocycles. The highest BCUT2D eigenvalue weighted by Gasteiger charge is 2.37. The van der Waals surface area contributed by atoms with Gasteiger partial charge in [0, 0.05) is 0 Å². The maximum Gasteiger partial charge on any atom is 0.326 e. The Hall–Kier alpha value is -3.79. The van der Waals surface area contributed by atoms with Gasteiger partial charge in [-0.15, -0.1) is 0 Å². The van der Waals surface area contributed by atoms with Gasteiger partial charge < -0.3 is 47.8 Å². The van der Waals surface area contributed by atoms with Crippen molar-refractivity contribution < 1.29 is 43.8 Å². The predicted octanol–water partition coefficient (Wildman–Crippen LogP) is -0.765. The van der Waals surface area contributed by atoms with Crippen molar-refractivity contribution in [3.8, 4) is 0 Å². The number of hydrogen-bond donors (Lipinski definition) is 9. The second-order valence-corrected chi connectivity index (χ2v) is 14.5. The first-order valence-corrected chi connectivity index (χ1v) is 16.9. The number of nitrogens with one attached hydrogen (secondary N) is 6. The maximum absolute atomic E-state index is 13.6. The molecular weight excluding hydrogens is 638 g/mol. The van der Waals surface area contributed by atoms with Gasteiger partial charge in [0.2, 0.25) is 35.4 Å². The number of nitrogens with two attached hydrogens (primary N) is 1. The maximum atomic E-state index is 13.6. The summed E-state index contributed by atoms with van der Waals surface area (Å²) in [5.41, 5.74) is 5.57. The molecule has 49 heavy (non-hydrogen) atoms. The number of aliphatic hydroxyl groups excluding tert-OH is 1. The van der Waals surface area contributed by atoms with E-state index in [-0.39, 0.29) is 0 Å². The van der Waals surface area contributed by atoms with Gasteiger partial charge in [-0.25, -0.2) is 4.79 Å². The molecule has 0 aliphatic rings. The SMILES string of the molecule is CC(C)[C@H](NC(=O)[C@@H](NC(=O)[C@@H](NC(=O)[C@@H](NC(=O)[C@@H](NC(=O)[C@@H](NC(=O)[C@@H](N)CO)C(C)C)C(C)C)C(C)C)C(C)C)C(C)C)C(=O)O. The van der Waals surface area contributed by atoms with Gasteiger partial charge in [0.25, 0.3) is 0 Å². The Morgan fingerprint density at radius 2 is 0.592 bits per heavy atom. The third-order valence-corrected chi connectivity index (χ3v) is 8.00. The van der Waals surface area contributed by atoms with Crippen molar-refractivity contribution in [2.24, 2.45) is 41.2 Å². The summed E-state index contributed by atoms with van der Waals surface area (Å²) in [6.07, 6.45) is 0. The standard InChI is InChI=1S/C33H61N7O9/c1-14(2)21(35-27(42)20(34)13-41)28(43)36-22(15(3)4)29(44)37-23(16(5)6)30(45)38-24(17(7)8)31(46)39-25(18(9)10)32(47)40-26(19(11)12)33(48)49/h14-26,41H,13,34H2,1-12H3,(H,35,42)(H,36,43)(H,37,44)(H,38,45)(H,39,46)(H,40,47)(H,48,49)/t20-,21-,22-,23-,24-,25-,26-/m0/s1. The number of carboxylic acids is 1. The monoisotopic (exact) mass is 699 g/mol. The summed E-state index contributed by atoms with van der Waals surface area (Å²) >= 11 is 0. The van der Waals surface area contributed by atoms with Crippen molar-refractivity contribution in [3.05, 3.63) is 0 Å². The van der Waals surface area contributed by atoms with Crippen LogP contribution in [-0.2, 0) is 33.6 Å². The van der Waals surface area contributed by atoms with Crippen LogP contribution in [0.1, 0.15) is 83.1 Å². The molecule has 0 aromatic heterocycles. The van der Waals surface area contributed by atoms with Crippen LogP contribution in [0.25, 0.3) is 0 Å². The molecule has 0 radical (unpaired) electrons. The average Bonchev–Trinajstić information content (AvgIpc) is 2.98. The highest BCUT2D eigenvalue weighted by Crippen LogP contribution is 2.12. The quantitative estimate of drug-likeness (QED) is 0.0767. The molecular formula is C33H61N7O9. The van der Waals surface area contributed by atoms with E-state index < -0.39 is 126 Å². The van der Waals surface area contributed by atoms with Crippen LogP contribution < -0.4 is 37.6 Å². The van der Waals surface area contributed by atoms with Gasteiger partial charge in [0.05, 0.1) is 6.61 Å². The van der Waals surface area contributed by atoms with Crippen LogP contribution in [0.15, 0.2) is 0 Å². The molecule has 0 saturated heterocycles. The Kier molecular flexibility index (Phi) is 19.1. The average molecular weight is 700 g/mol. The molecule has 16 nitrogen and oxygen atoms in total. The van der Waals surface area contributed by atoms with E-state index in [1.54, 1.807) is 83.1 Å². The lowest BCUT2D eigenvalue weighted by molar-refractivity contribution is -0.144. The molecule has 0 aromatic carbocycles. The van der Waals surface area contributed by atoms with Gasteiger partial charge in [-0.3, -0.25) is 28.8 Å². The lowest BCUT2D eigenvalue weighted by Gasteiger charge is -2.31. The van der Waals surface area contributed by atoms with Crippen molar-refractivity contribution in [2.75, 3.05) is 6.61 Å². The van der Waals surface area contributed by atoms with E-state index in [2.05, 4.69) is 31.9 Å². The fraction of sp³-hybridized carbons (Fsp3) is 0.788. The Labute approximate surface area is 290 Å². The molecule has 7 atom stereocenters. The largest absolute Gasteiger partial charge is 0.480 e. The van der Waals surface area contributed by atoms with Gasteiger partial charge in [-0.1, -0.05) is 83.1 Å². The molecule has 0 bridgehead atoms. The summed E-state index contributed by atoms with van der Waals surface area (Å²) in [5, 5.41) is 34.3. The molecule has 10 N–H and O–H groups in total. The number of hydrogen-bond acceptors (Lipinski definition) is 9. The fourth-order valence-electron chi connectivity index (χ4n) is 4.75. The molecule has 16 heteroatoms. The highest BCUT2D eigenvalue weighted by atomic mass is 16.4. The van der Waals surface area contributed by atoms with Crippen LogP contribution >= 0.6 is 0 Å². The number of carboxylic acid groups (broad SMARTS) is 1. The molecule has 0 aliphatic carbocycles.